The molecule has 2 aromatic heterocycles. The van der Waals surface area contributed by atoms with Crippen molar-refractivity contribution in [2.45, 2.75) is 6.92 Å². The van der Waals surface area contributed by atoms with Gasteiger partial charge in [-0.3, -0.25) is 0 Å². The molecule has 3 rings (SSSR count). The van der Waals surface area contributed by atoms with Crippen LogP contribution >= 0.6 is 0 Å². The van der Waals surface area contributed by atoms with Crippen molar-refractivity contribution >= 4 is 0 Å². The first kappa shape index (κ1) is 9.84. The molecule has 0 bridgehead atoms. The molecule has 0 radical (unpaired) electrons. The van der Waals surface area contributed by atoms with Gasteiger partial charge >= 0.3 is 0 Å². The number of aromatic nitrogens is 2. The molecule has 0 aliphatic rings. The molecule has 0 saturated heterocycles. The SMILES string of the molecule is Cc1ccccc1-c1nc(-c2ccco2)no1. The minimum atomic E-state index is 0.466. The van der Waals surface area contributed by atoms with Crippen LogP contribution in [0.1, 0.15) is 5.56 Å². The van der Waals surface area contributed by atoms with Gasteiger partial charge in [0.1, 0.15) is 0 Å². The lowest BCUT2D eigenvalue weighted by Gasteiger charge is -1.97. The highest BCUT2D eigenvalue weighted by atomic mass is 16.5. The van der Waals surface area contributed by atoms with E-state index in [-0.39, 0.29) is 0 Å². The van der Waals surface area contributed by atoms with E-state index in [0.29, 0.717) is 17.5 Å². The molecule has 17 heavy (non-hydrogen) atoms. The summed E-state index contributed by atoms with van der Waals surface area (Å²) in [6.45, 7) is 2.01. The number of nitrogens with zero attached hydrogens (tertiary/aromatic N) is 2. The second-order valence-electron chi connectivity index (χ2n) is 3.72. The number of hydrogen-bond acceptors (Lipinski definition) is 4. The van der Waals surface area contributed by atoms with E-state index in [0.717, 1.165) is 11.1 Å². The smallest absolute Gasteiger partial charge is 0.258 e. The fourth-order valence-electron chi connectivity index (χ4n) is 1.65. The monoisotopic (exact) mass is 226 g/mol. The minimum Gasteiger partial charge on any atom is -0.461 e. The molecule has 4 nitrogen and oxygen atoms in total. The number of hydrogen-bond donors (Lipinski definition) is 0. The van der Waals surface area contributed by atoms with Gasteiger partial charge in [-0.25, -0.2) is 0 Å². The molecule has 0 aliphatic heterocycles. The molecule has 2 heterocycles. The quantitative estimate of drug-likeness (QED) is 0.672. The van der Waals surface area contributed by atoms with E-state index in [1.54, 1.807) is 18.4 Å². The van der Waals surface area contributed by atoms with Crippen molar-refractivity contribution in [2.24, 2.45) is 0 Å². The molecule has 84 valence electrons. The molecule has 0 N–H and O–H groups in total. The van der Waals surface area contributed by atoms with Gasteiger partial charge in [-0.1, -0.05) is 23.4 Å². The summed E-state index contributed by atoms with van der Waals surface area (Å²) in [4.78, 5) is 4.31. The Morgan fingerprint density at radius 2 is 1.94 bits per heavy atom. The second-order valence-corrected chi connectivity index (χ2v) is 3.72. The summed E-state index contributed by atoms with van der Waals surface area (Å²) in [7, 11) is 0. The van der Waals surface area contributed by atoms with Crippen molar-refractivity contribution in [3.63, 3.8) is 0 Å². The summed E-state index contributed by atoms with van der Waals surface area (Å²) in [5.74, 6) is 1.58. The highest BCUT2D eigenvalue weighted by Crippen LogP contribution is 2.24. The van der Waals surface area contributed by atoms with E-state index in [2.05, 4.69) is 10.1 Å². The van der Waals surface area contributed by atoms with Gasteiger partial charge in [0, 0.05) is 5.56 Å². The van der Waals surface area contributed by atoms with Gasteiger partial charge in [0.15, 0.2) is 5.76 Å². The Morgan fingerprint density at radius 1 is 1.06 bits per heavy atom. The fourth-order valence-corrected chi connectivity index (χ4v) is 1.65. The Labute approximate surface area is 97.9 Å². The number of furan rings is 1. The van der Waals surface area contributed by atoms with E-state index in [1.807, 2.05) is 31.2 Å². The fraction of sp³-hybridized carbons (Fsp3) is 0.0769. The van der Waals surface area contributed by atoms with Crippen molar-refractivity contribution in [1.29, 1.82) is 0 Å². The van der Waals surface area contributed by atoms with Crippen LogP contribution in [0.25, 0.3) is 23.0 Å². The van der Waals surface area contributed by atoms with Gasteiger partial charge < -0.3 is 8.94 Å². The highest BCUT2D eigenvalue weighted by Gasteiger charge is 2.13. The third-order valence-electron chi connectivity index (χ3n) is 2.54. The van der Waals surface area contributed by atoms with Crippen LogP contribution in [0.4, 0.5) is 0 Å². The Kier molecular flexibility index (Phi) is 2.26. The first-order chi connectivity index (χ1) is 8.34. The van der Waals surface area contributed by atoms with Crippen LogP contribution < -0.4 is 0 Å². The van der Waals surface area contributed by atoms with Gasteiger partial charge in [0.05, 0.1) is 6.26 Å². The third kappa shape index (κ3) is 1.73. The average molecular weight is 226 g/mol. The normalized spacial score (nSPS) is 10.6. The summed E-state index contributed by atoms with van der Waals surface area (Å²) in [5, 5.41) is 3.90. The molecule has 0 fully saturated rings. The number of rotatable bonds is 2. The van der Waals surface area contributed by atoms with Gasteiger partial charge in [0.2, 0.25) is 5.82 Å². The van der Waals surface area contributed by atoms with Crippen LogP contribution in [-0.4, -0.2) is 10.1 Å². The molecular weight excluding hydrogens is 216 g/mol. The Balaban J connectivity index is 2.04. The third-order valence-corrected chi connectivity index (χ3v) is 2.54. The van der Waals surface area contributed by atoms with Crippen molar-refractivity contribution in [3.05, 3.63) is 48.2 Å². The molecule has 0 unspecified atom stereocenters. The molecule has 0 spiro atoms. The molecular formula is C13H10N2O2. The van der Waals surface area contributed by atoms with Crippen molar-refractivity contribution in [3.8, 4) is 23.0 Å². The minimum absolute atomic E-state index is 0.466. The molecule has 4 heteroatoms. The summed E-state index contributed by atoms with van der Waals surface area (Å²) < 4.78 is 10.4. The van der Waals surface area contributed by atoms with Crippen LogP contribution in [0.2, 0.25) is 0 Å². The van der Waals surface area contributed by atoms with Crippen LogP contribution in [0.15, 0.2) is 51.6 Å². The molecule has 0 saturated carbocycles. The van der Waals surface area contributed by atoms with Gasteiger partial charge in [0.25, 0.3) is 5.89 Å². The lowest BCUT2D eigenvalue weighted by atomic mass is 10.1. The zero-order chi connectivity index (χ0) is 11.7. The number of benzene rings is 1. The standard InChI is InChI=1S/C13H10N2O2/c1-9-5-2-3-6-10(9)13-14-12(15-17-13)11-7-4-8-16-11/h2-8H,1H3. The number of aryl methyl sites for hydroxylation is 1. The Bertz CT molecular complexity index is 626. The van der Waals surface area contributed by atoms with Crippen LogP contribution in [0.3, 0.4) is 0 Å². The van der Waals surface area contributed by atoms with Crippen molar-refractivity contribution in [2.75, 3.05) is 0 Å². The maximum Gasteiger partial charge on any atom is 0.258 e. The van der Waals surface area contributed by atoms with Gasteiger partial charge in [-0.15, -0.1) is 0 Å². The molecule has 0 atom stereocenters. The predicted molar refractivity (Wildman–Crippen MR) is 62.2 cm³/mol. The van der Waals surface area contributed by atoms with Crippen molar-refractivity contribution in [1.82, 2.24) is 10.1 Å². The molecule has 3 aromatic rings. The van der Waals surface area contributed by atoms with Gasteiger partial charge in [-0.05, 0) is 30.7 Å². The predicted octanol–water partition coefficient (Wildman–Crippen LogP) is 3.31. The maximum absolute atomic E-state index is 5.23. The summed E-state index contributed by atoms with van der Waals surface area (Å²) >= 11 is 0. The van der Waals surface area contributed by atoms with E-state index < -0.39 is 0 Å². The summed E-state index contributed by atoms with van der Waals surface area (Å²) in [6.07, 6.45) is 1.58. The summed E-state index contributed by atoms with van der Waals surface area (Å²) in [6, 6.07) is 11.5. The van der Waals surface area contributed by atoms with E-state index in [4.69, 9.17) is 8.94 Å². The second kappa shape index (κ2) is 3.90. The highest BCUT2D eigenvalue weighted by molar-refractivity contribution is 5.60. The zero-order valence-corrected chi connectivity index (χ0v) is 9.25. The summed E-state index contributed by atoms with van der Waals surface area (Å²) in [5.41, 5.74) is 2.04. The molecule has 0 amide bonds. The van der Waals surface area contributed by atoms with E-state index >= 15 is 0 Å². The van der Waals surface area contributed by atoms with Gasteiger partial charge in [-0.2, -0.15) is 4.98 Å². The molecule has 1 aromatic carbocycles. The Morgan fingerprint density at radius 3 is 2.71 bits per heavy atom. The molecule has 0 aliphatic carbocycles. The van der Waals surface area contributed by atoms with Crippen LogP contribution in [0, 0.1) is 6.92 Å². The first-order valence-electron chi connectivity index (χ1n) is 5.28. The Hall–Kier alpha value is -2.36. The lowest BCUT2D eigenvalue weighted by molar-refractivity contribution is 0.429. The first-order valence-corrected chi connectivity index (χ1v) is 5.28. The van der Waals surface area contributed by atoms with Crippen molar-refractivity contribution < 1.29 is 8.94 Å². The zero-order valence-electron chi connectivity index (χ0n) is 9.25. The topological polar surface area (TPSA) is 52.1 Å². The van der Waals surface area contributed by atoms with E-state index in [9.17, 15) is 0 Å². The lowest BCUT2D eigenvalue weighted by Crippen LogP contribution is -1.82. The van der Waals surface area contributed by atoms with Crippen LogP contribution in [0.5, 0.6) is 0 Å². The maximum atomic E-state index is 5.23. The largest absolute Gasteiger partial charge is 0.461 e. The average Bonchev–Trinajstić information content (AvgIpc) is 3.00. The van der Waals surface area contributed by atoms with Crippen LogP contribution in [-0.2, 0) is 0 Å². The van der Waals surface area contributed by atoms with E-state index in [1.165, 1.54) is 0 Å².